The van der Waals surface area contributed by atoms with Crippen LogP contribution >= 0.6 is 0 Å². The largest absolute Gasteiger partial charge is 0.0791 e. The van der Waals surface area contributed by atoms with Gasteiger partial charge in [0.1, 0.15) is 0 Å². The Bertz CT molecular complexity index is 1240. The lowest BCUT2D eigenvalue weighted by molar-refractivity contribution is 1.06. The maximum Gasteiger partial charge on any atom is 0.0715 e. The summed E-state index contributed by atoms with van der Waals surface area (Å²) in [6.45, 7) is 5.18. The second-order valence-electron chi connectivity index (χ2n) is 9.07. The fourth-order valence-corrected chi connectivity index (χ4v) is 9.34. The quantitative estimate of drug-likeness (QED) is 0.309. The van der Waals surface area contributed by atoms with Crippen molar-refractivity contribution in [1.29, 1.82) is 0 Å². The van der Waals surface area contributed by atoms with Gasteiger partial charge in [-0.1, -0.05) is 110 Å². The number of fused-ring (bicyclic) bond motifs is 6. The third-order valence-electron chi connectivity index (χ3n) is 7.17. The molecule has 0 bridgehead atoms. The highest BCUT2D eigenvalue weighted by Crippen LogP contribution is 2.50. The SMILES string of the molecule is C[Si](C)(C1C=Cc2ccc3ccccc3c21)C1C=Cc2ccc3ccccc3c21. The summed E-state index contributed by atoms with van der Waals surface area (Å²) in [6.07, 6.45) is 9.73. The zero-order chi connectivity index (χ0) is 19.6. The van der Waals surface area contributed by atoms with Crippen molar-refractivity contribution in [2.75, 3.05) is 0 Å². The van der Waals surface area contributed by atoms with Gasteiger partial charge >= 0.3 is 0 Å². The number of benzene rings is 4. The summed E-state index contributed by atoms with van der Waals surface area (Å²) in [7, 11) is -1.75. The molecule has 0 amide bonds. The van der Waals surface area contributed by atoms with Crippen LogP contribution in [0, 0.1) is 0 Å². The van der Waals surface area contributed by atoms with Crippen molar-refractivity contribution in [1.82, 2.24) is 0 Å². The average molecular weight is 389 g/mol. The molecule has 0 N–H and O–H groups in total. The molecular weight excluding hydrogens is 364 g/mol. The first-order valence-corrected chi connectivity index (χ1v) is 13.7. The first kappa shape index (κ1) is 17.0. The topological polar surface area (TPSA) is 0 Å². The van der Waals surface area contributed by atoms with Crippen LogP contribution in [0.5, 0.6) is 0 Å². The van der Waals surface area contributed by atoms with Gasteiger partial charge in [-0.05, 0) is 54.9 Å². The number of hydrogen-bond donors (Lipinski definition) is 0. The first-order valence-electron chi connectivity index (χ1n) is 10.5. The number of hydrogen-bond acceptors (Lipinski definition) is 0. The smallest absolute Gasteiger partial charge is 0.0715 e. The molecule has 4 aromatic carbocycles. The molecule has 1 heteroatoms. The van der Waals surface area contributed by atoms with E-state index in [9.17, 15) is 0 Å². The van der Waals surface area contributed by atoms with Crippen molar-refractivity contribution in [3.63, 3.8) is 0 Å². The molecule has 2 aliphatic carbocycles. The van der Waals surface area contributed by atoms with Crippen molar-refractivity contribution in [2.45, 2.75) is 24.2 Å². The van der Waals surface area contributed by atoms with Crippen LogP contribution in [0.2, 0.25) is 13.1 Å². The van der Waals surface area contributed by atoms with Crippen LogP contribution in [0.1, 0.15) is 33.3 Å². The van der Waals surface area contributed by atoms with Gasteiger partial charge < -0.3 is 0 Å². The predicted octanol–water partition coefficient (Wildman–Crippen LogP) is 7.70. The Morgan fingerprint density at radius 1 is 0.552 bits per heavy atom. The van der Waals surface area contributed by atoms with Crippen molar-refractivity contribution in [3.05, 3.63) is 107 Å². The Balaban J connectivity index is 1.54. The Morgan fingerprint density at radius 3 is 1.48 bits per heavy atom. The highest BCUT2D eigenvalue weighted by Gasteiger charge is 2.43. The lowest BCUT2D eigenvalue weighted by atomic mass is 10.00. The van der Waals surface area contributed by atoms with Gasteiger partial charge in [0.15, 0.2) is 0 Å². The van der Waals surface area contributed by atoms with E-state index in [0.29, 0.717) is 11.1 Å². The van der Waals surface area contributed by atoms with Crippen LogP contribution in [-0.4, -0.2) is 8.07 Å². The summed E-state index contributed by atoms with van der Waals surface area (Å²) in [4.78, 5) is 0. The van der Waals surface area contributed by atoms with Gasteiger partial charge in [-0.2, -0.15) is 0 Å². The highest BCUT2D eigenvalue weighted by molar-refractivity contribution is 6.81. The Labute approximate surface area is 173 Å². The van der Waals surface area contributed by atoms with Gasteiger partial charge in [0, 0.05) is 0 Å². The van der Waals surface area contributed by atoms with Gasteiger partial charge in [-0.15, -0.1) is 0 Å². The minimum absolute atomic E-state index is 0.531. The van der Waals surface area contributed by atoms with E-state index >= 15 is 0 Å². The van der Waals surface area contributed by atoms with E-state index in [1.165, 1.54) is 32.7 Å². The molecule has 0 saturated carbocycles. The third kappa shape index (κ3) is 2.37. The van der Waals surface area contributed by atoms with Gasteiger partial charge in [0.2, 0.25) is 0 Å². The molecule has 2 unspecified atom stereocenters. The molecule has 0 radical (unpaired) electrons. The molecule has 29 heavy (non-hydrogen) atoms. The molecule has 0 fully saturated rings. The molecular formula is C28H24Si. The van der Waals surface area contributed by atoms with Crippen molar-refractivity contribution < 1.29 is 0 Å². The summed E-state index contributed by atoms with van der Waals surface area (Å²) in [6, 6.07) is 27.0. The molecule has 4 aromatic rings. The lowest BCUT2D eigenvalue weighted by Crippen LogP contribution is -2.40. The van der Waals surface area contributed by atoms with Crippen molar-refractivity contribution in [2.24, 2.45) is 0 Å². The fraction of sp³-hybridized carbons (Fsp3) is 0.143. The van der Waals surface area contributed by atoms with Gasteiger partial charge in [0.25, 0.3) is 0 Å². The van der Waals surface area contributed by atoms with Crippen molar-refractivity contribution >= 4 is 41.8 Å². The summed E-state index contributed by atoms with van der Waals surface area (Å²) in [5.41, 5.74) is 7.00. The Kier molecular flexibility index (Phi) is 3.54. The van der Waals surface area contributed by atoms with Gasteiger partial charge in [0.05, 0.1) is 8.07 Å². The lowest BCUT2D eigenvalue weighted by Gasteiger charge is -2.36. The van der Waals surface area contributed by atoms with Crippen LogP contribution in [-0.2, 0) is 0 Å². The number of allylic oxidation sites excluding steroid dienone is 2. The average Bonchev–Trinajstić information content (AvgIpc) is 3.39. The van der Waals surface area contributed by atoms with Crippen molar-refractivity contribution in [3.8, 4) is 0 Å². The van der Waals surface area contributed by atoms with Crippen LogP contribution in [0.3, 0.4) is 0 Å². The maximum atomic E-state index is 2.59. The van der Waals surface area contributed by atoms with Gasteiger partial charge in [-0.3, -0.25) is 0 Å². The summed E-state index contributed by atoms with van der Waals surface area (Å²) >= 11 is 0. The van der Waals surface area contributed by atoms with Crippen LogP contribution in [0.25, 0.3) is 33.7 Å². The Morgan fingerprint density at radius 2 is 1.00 bits per heavy atom. The predicted molar refractivity (Wildman–Crippen MR) is 129 cm³/mol. The minimum atomic E-state index is -1.75. The standard InChI is InChI=1S/C28H24Si/c1-29(2,25-17-15-21-13-11-19-7-3-5-9-23(19)27(21)25)26-18-16-22-14-12-20-8-4-6-10-24(20)28(22)26/h3-18,25-26H,1-2H3. The van der Waals surface area contributed by atoms with E-state index in [1.54, 1.807) is 11.1 Å². The number of rotatable bonds is 2. The second kappa shape index (κ2) is 6.05. The zero-order valence-electron chi connectivity index (χ0n) is 16.9. The molecule has 0 spiro atoms. The van der Waals surface area contributed by atoms with Crippen LogP contribution in [0.4, 0.5) is 0 Å². The molecule has 6 rings (SSSR count). The molecule has 0 nitrogen and oxygen atoms in total. The molecule has 0 saturated heterocycles. The van der Waals surface area contributed by atoms with Crippen LogP contribution in [0.15, 0.2) is 84.9 Å². The molecule has 0 aromatic heterocycles. The van der Waals surface area contributed by atoms with E-state index in [-0.39, 0.29) is 0 Å². The van der Waals surface area contributed by atoms with Gasteiger partial charge in [-0.25, -0.2) is 0 Å². The normalized spacial score (nSPS) is 19.8. The highest BCUT2D eigenvalue weighted by atomic mass is 28.3. The molecule has 2 aliphatic rings. The van der Waals surface area contributed by atoms with E-state index in [4.69, 9.17) is 0 Å². The van der Waals surface area contributed by atoms with E-state index in [0.717, 1.165) is 0 Å². The van der Waals surface area contributed by atoms with E-state index < -0.39 is 8.07 Å². The third-order valence-corrected chi connectivity index (χ3v) is 11.3. The van der Waals surface area contributed by atoms with E-state index in [1.807, 2.05) is 0 Å². The molecule has 0 heterocycles. The summed E-state index contributed by atoms with van der Waals surface area (Å²) in [5, 5.41) is 5.58. The second-order valence-corrected chi connectivity index (χ2v) is 14.0. The molecule has 140 valence electrons. The summed E-state index contributed by atoms with van der Waals surface area (Å²) < 4.78 is 0. The summed E-state index contributed by atoms with van der Waals surface area (Å²) in [5.74, 6) is 0. The zero-order valence-corrected chi connectivity index (χ0v) is 17.9. The Hall–Kier alpha value is -2.90. The minimum Gasteiger partial charge on any atom is -0.0791 e. The fourth-order valence-electron chi connectivity index (χ4n) is 5.64. The first-order chi connectivity index (χ1) is 14.1. The van der Waals surface area contributed by atoms with Crippen LogP contribution < -0.4 is 0 Å². The maximum absolute atomic E-state index is 2.59. The molecule has 2 atom stereocenters. The van der Waals surface area contributed by atoms with E-state index in [2.05, 4.69) is 110 Å². The monoisotopic (exact) mass is 388 g/mol. The molecule has 0 aliphatic heterocycles.